The zero-order valence-corrected chi connectivity index (χ0v) is 42.7. The van der Waals surface area contributed by atoms with Gasteiger partial charge < -0.3 is 71.8 Å². The summed E-state index contributed by atoms with van der Waals surface area (Å²) in [5, 5.41) is 54.5. The molecule has 0 unspecified atom stereocenters. The Morgan fingerprint density at radius 1 is 0.859 bits per heavy atom. The molecule has 0 bridgehead atoms. The molecular formula is C48H57FN15O13P. The number of fused-ring (bicyclic) bond motifs is 1. The number of hydrogen-bond donors (Lipinski definition) is 11. The van der Waals surface area contributed by atoms with Gasteiger partial charge in [0.25, 0.3) is 5.91 Å². The van der Waals surface area contributed by atoms with Gasteiger partial charge in [-0.3, -0.25) is 28.3 Å². The number of aliphatic hydroxyl groups excluding tert-OH is 5. The number of halogens is 1. The molecule has 10 rings (SSSR count). The van der Waals surface area contributed by atoms with Gasteiger partial charge in [-0.15, -0.1) is 0 Å². The molecule has 3 aliphatic rings. The summed E-state index contributed by atoms with van der Waals surface area (Å²) in [7, 11) is -2.62. The normalized spacial score (nSPS) is 22.5. The number of imidazole rings is 1. The van der Waals surface area contributed by atoms with Crippen LogP contribution in [0.3, 0.4) is 0 Å². The minimum Gasteiger partial charge on any atom is -0.394 e. The van der Waals surface area contributed by atoms with Crippen molar-refractivity contribution >= 4 is 53.9 Å². The Labute approximate surface area is 443 Å². The maximum absolute atomic E-state index is 13.3. The number of phosphoric acid groups is 1. The predicted molar refractivity (Wildman–Crippen MR) is 276 cm³/mol. The minimum atomic E-state index is -4.78. The van der Waals surface area contributed by atoms with Gasteiger partial charge in [0, 0.05) is 80.0 Å². The fourth-order valence-electron chi connectivity index (χ4n) is 8.37. The van der Waals surface area contributed by atoms with Crippen LogP contribution < -0.4 is 27.8 Å². The summed E-state index contributed by atoms with van der Waals surface area (Å²) in [4.78, 5) is 74.0. The third kappa shape index (κ3) is 14.0. The van der Waals surface area contributed by atoms with Crippen molar-refractivity contribution in [2.24, 2.45) is 0 Å². The van der Waals surface area contributed by atoms with Crippen molar-refractivity contribution in [2.75, 3.05) is 68.5 Å². The number of amides is 1. The summed E-state index contributed by atoms with van der Waals surface area (Å²) in [5.41, 5.74) is 16.2. The number of carbonyl (C=O) groups excluding carboxylic acids is 1. The molecule has 7 aromatic rings. The molecule has 28 nitrogen and oxygen atoms in total. The van der Waals surface area contributed by atoms with Gasteiger partial charge in [-0.1, -0.05) is 18.2 Å². The number of pyridine rings is 1. The lowest BCUT2D eigenvalue weighted by atomic mass is 10.1. The monoisotopic (exact) mass is 1100 g/mol. The first-order valence-corrected chi connectivity index (χ1v) is 25.5. The number of aryl methyl sites for hydroxylation is 1. The van der Waals surface area contributed by atoms with Crippen LogP contribution in [0.2, 0.25) is 0 Å². The first-order chi connectivity index (χ1) is 37.2. The van der Waals surface area contributed by atoms with E-state index in [4.69, 9.17) is 35.8 Å². The fraction of sp³-hybridized carbons (Fsp3) is 0.354. The molecule has 3 aliphatic heterocycles. The first-order valence-electron chi connectivity index (χ1n) is 24.0. The molecule has 0 radical (unpaired) electrons. The van der Waals surface area contributed by atoms with Crippen molar-refractivity contribution in [3.05, 3.63) is 131 Å². The molecule has 3 saturated heterocycles. The van der Waals surface area contributed by atoms with E-state index in [0.29, 0.717) is 17.2 Å². The highest BCUT2D eigenvalue weighted by molar-refractivity contribution is 7.46. The number of aliphatic hydroxyl groups is 5. The number of ether oxygens (including phenoxy) is 2. The molecule has 2 aromatic carbocycles. The van der Waals surface area contributed by atoms with Gasteiger partial charge in [-0.2, -0.15) is 19.3 Å². The van der Waals surface area contributed by atoms with E-state index in [2.05, 4.69) is 66.9 Å². The van der Waals surface area contributed by atoms with E-state index in [1.165, 1.54) is 17.8 Å². The Morgan fingerprint density at radius 3 is 2.23 bits per heavy atom. The second-order valence-corrected chi connectivity index (χ2v) is 19.4. The number of phosphoric ester groups is 1. The smallest absolute Gasteiger partial charge is 0.394 e. The molecule has 8 heterocycles. The zero-order chi connectivity index (χ0) is 55.8. The lowest BCUT2D eigenvalue weighted by Gasteiger charge is -2.32. The number of nitrogen functional groups attached to an aromatic ring is 2. The lowest BCUT2D eigenvalue weighted by molar-refractivity contribution is -0.0549. The highest BCUT2D eigenvalue weighted by Crippen LogP contribution is 2.39. The average Bonchev–Trinajstić information content (AvgIpc) is 4.15. The molecule has 0 saturated carbocycles. The van der Waals surface area contributed by atoms with Gasteiger partial charge in [0.2, 0.25) is 5.95 Å². The molecular weight excluding hydrogens is 1040 g/mol. The van der Waals surface area contributed by atoms with Crippen LogP contribution in [0.5, 0.6) is 0 Å². The average molecular weight is 1100 g/mol. The van der Waals surface area contributed by atoms with Crippen LogP contribution >= 0.6 is 7.82 Å². The number of aromatic nitrogens is 9. The van der Waals surface area contributed by atoms with Gasteiger partial charge in [0.1, 0.15) is 42.4 Å². The highest BCUT2D eigenvalue weighted by Gasteiger charge is 2.46. The summed E-state index contributed by atoms with van der Waals surface area (Å²) in [6.07, 6.45) is -3.51. The maximum Gasteiger partial charge on any atom is 0.469 e. The number of benzene rings is 2. The summed E-state index contributed by atoms with van der Waals surface area (Å²) >= 11 is 0. The van der Waals surface area contributed by atoms with Gasteiger partial charge >= 0.3 is 19.6 Å². The van der Waals surface area contributed by atoms with Crippen molar-refractivity contribution in [1.82, 2.24) is 53.8 Å². The Bertz CT molecular complexity index is 3280. The first kappa shape index (κ1) is 56.8. The Kier molecular flexibility index (Phi) is 18.2. The van der Waals surface area contributed by atoms with Gasteiger partial charge in [0.15, 0.2) is 29.4 Å². The van der Waals surface area contributed by atoms with Crippen molar-refractivity contribution in [3.63, 3.8) is 0 Å². The van der Waals surface area contributed by atoms with Crippen molar-refractivity contribution in [3.8, 4) is 11.3 Å². The van der Waals surface area contributed by atoms with Crippen molar-refractivity contribution < 1.29 is 63.1 Å². The fourth-order valence-corrected chi connectivity index (χ4v) is 8.71. The SMILES string of the molecule is Cc1ccc(NC(=O)c2ccc(CN3CCN(C)CC3)cc2)cc1Nc1nccc(-c2cccnc2)n1.Nc1ccn([C@@H]2O[C@H](CO)[C@@H](O)[C@@H]2O)c(=O)n1.Nc1nc(F)nc2c1ncn2[C@@H]1O[C@H](COP(=O)(O)O)[C@@H](O)[C@@H]1O. The second-order valence-electron chi connectivity index (χ2n) is 18.2. The number of nitrogens with two attached hydrogens (primary N) is 2. The molecule has 8 atom stereocenters. The molecule has 0 spiro atoms. The van der Waals surface area contributed by atoms with Crippen molar-refractivity contribution in [2.45, 2.75) is 62.5 Å². The van der Waals surface area contributed by atoms with Crippen LogP contribution in [-0.2, 0) is 25.1 Å². The molecule has 78 heavy (non-hydrogen) atoms. The lowest BCUT2D eigenvalue weighted by Crippen LogP contribution is -2.43. The number of carbonyl (C=O) groups is 1. The number of piperazine rings is 1. The van der Waals surface area contributed by atoms with E-state index in [9.17, 15) is 39.0 Å². The molecule has 0 aliphatic carbocycles. The van der Waals surface area contributed by atoms with E-state index < -0.39 is 81.9 Å². The van der Waals surface area contributed by atoms with Gasteiger partial charge in [0.05, 0.1) is 25.2 Å². The number of nitrogens with zero attached hydrogens (tertiary/aromatic N) is 11. The maximum atomic E-state index is 13.3. The Hall–Kier alpha value is -7.35. The van der Waals surface area contributed by atoms with Crippen LogP contribution in [0.1, 0.15) is 33.9 Å². The molecule has 13 N–H and O–H groups in total. The third-order valence-corrected chi connectivity index (χ3v) is 13.1. The van der Waals surface area contributed by atoms with Gasteiger partial charge in [-0.25, -0.2) is 24.3 Å². The predicted octanol–water partition coefficient (Wildman–Crippen LogP) is 0.303. The second kappa shape index (κ2) is 25.0. The number of nitrogens with one attached hydrogen (secondary N) is 2. The molecule has 414 valence electrons. The van der Waals surface area contributed by atoms with E-state index in [1.807, 2.05) is 67.6 Å². The third-order valence-electron chi connectivity index (χ3n) is 12.7. The van der Waals surface area contributed by atoms with E-state index in [0.717, 1.165) is 70.7 Å². The van der Waals surface area contributed by atoms with Crippen LogP contribution in [0.25, 0.3) is 22.4 Å². The van der Waals surface area contributed by atoms with Gasteiger partial charge in [-0.05, 0) is 73.6 Å². The van der Waals surface area contributed by atoms with Crippen LogP contribution in [-0.4, -0.2) is 178 Å². The highest BCUT2D eigenvalue weighted by atomic mass is 31.2. The van der Waals surface area contributed by atoms with Crippen LogP contribution in [0, 0.1) is 13.0 Å². The summed E-state index contributed by atoms with van der Waals surface area (Å²) in [6, 6.07) is 20.7. The quantitative estimate of drug-likeness (QED) is 0.0546. The molecule has 5 aromatic heterocycles. The van der Waals surface area contributed by atoms with E-state index in [1.54, 1.807) is 18.6 Å². The number of rotatable bonds is 13. The topological polar surface area (TPSA) is 403 Å². The van der Waals surface area contributed by atoms with E-state index >= 15 is 0 Å². The largest absolute Gasteiger partial charge is 0.469 e. The molecule has 30 heteroatoms. The Morgan fingerprint density at radius 2 is 1.56 bits per heavy atom. The number of likely N-dealkylation sites (N-methyl/N-ethyl adjacent to an activating group) is 1. The molecule has 1 amide bonds. The standard InChI is InChI=1S/C29H31N7O.C10H13FN5O7P.C9H13N3O5/c1-21-5-10-25(18-27(21)34-29-31-13-11-26(33-29)24-4-3-12-30-19-24)32-28(37)23-8-6-22(7-9-23)20-36-16-14-35(2)15-17-36;11-10-14-7(12)4-8(15-10)16(2-13-4)9-6(18)5(17)3(23-9)1-22-24(19,20)21;10-5-1-2-12(9(16)11-5)8-7(15)6(14)4(3-13)17-8/h3-13,18-19H,14-17,20H2,1-2H3,(H,32,37)(H,31,33,34);2-3,5-6,9,17-18H,1H2,(H2,12,14,15)(H2,19,20,21);1-2,4,6-8,13-15H,3H2,(H2,10,11,16)/t;3-,5-,6+,9-;4-,6-,7+,8-/m.11/s1. The van der Waals surface area contributed by atoms with Crippen molar-refractivity contribution in [1.29, 1.82) is 0 Å². The van der Waals surface area contributed by atoms with Crippen LogP contribution in [0.4, 0.5) is 33.3 Å². The molecule has 3 fully saturated rings. The summed E-state index contributed by atoms with van der Waals surface area (Å²) < 4.78 is 41.0. The Balaban J connectivity index is 0.000000168. The minimum absolute atomic E-state index is 0.0537. The van der Waals surface area contributed by atoms with E-state index in [-0.39, 0.29) is 28.7 Å². The summed E-state index contributed by atoms with van der Waals surface area (Å²) in [5.74, 6) is 0.170. The number of hydrogen-bond acceptors (Lipinski definition) is 23. The zero-order valence-electron chi connectivity index (χ0n) is 41.8. The number of anilines is 5. The van der Waals surface area contributed by atoms with Crippen LogP contribution in [0.15, 0.2) is 103 Å². The summed E-state index contributed by atoms with van der Waals surface area (Å²) in [6.45, 7) is 6.11.